The van der Waals surface area contributed by atoms with Gasteiger partial charge in [0.25, 0.3) is 5.91 Å². The van der Waals surface area contributed by atoms with Gasteiger partial charge in [-0.1, -0.05) is 40.2 Å². The summed E-state index contributed by atoms with van der Waals surface area (Å²) in [6, 6.07) is 14.1. The third kappa shape index (κ3) is 3.50. The zero-order valence-corrected chi connectivity index (χ0v) is 21.4. The fourth-order valence-corrected chi connectivity index (χ4v) is 5.67. The first-order valence-corrected chi connectivity index (χ1v) is 12.3. The molecule has 178 valence electrons. The summed E-state index contributed by atoms with van der Waals surface area (Å²) in [6.45, 7) is 5.36. The van der Waals surface area contributed by atoms with Crippen molar-refractivity contribution in [3.63, 3.8) is 0 Å². The monoisotopic (exact) mass is 525 g/mol. The molecule has 2 aliphatic heterocycles. The van der Waals surface area contributed by atoms with E-state index in [4.69, 9.17) is 14.5 Å². The molecule has 3 aliphatic rings. The second kappa shape index (κ2) is 7.83. The molecule has 2 amide bonds. The van der Waals surface area contributed by atoms with Gasteiger partial charge in [0.05, 0.1) is 0 Å². The summed E-state index contributed by atoms with van der Waals surface area (Å²) >= 11 is 3.55. The Hall–Kier alpha value is -2.87. The summed E-state index contributed by atoms with van der Waals surface area (Å²) in [5, 5.41) is 2.69. The number of hydrogen-bond donors (Lipinski definition) is 1. The van der Waals surface area contributed by atoms with Crippen LogP contribution in [0.5, 0.6) is 5.75 Å². The van der Waals surface area contributed by atoms with Gasteiger partial charge < -0.3 is 9.47 Å². The SMILES string of the molecule is CN1C(=O)C2(N=C1NC(=O)OC(C)(C)C)c1cc(Br)ccc1OC21CCc2ccccc2CC1. The number of nitrogens with one attached hydrogen (secondary N) is 1. The summed E-state index contributed by atoms with van der Waals surface area (Å²) in [7, 11) is 1.63. The summed E-state index contributed by atoms with van der Waals surface area (Å²) < 4.78 is 12.9. The van der Waals surface area contributed by atoms with E-state index >= 15 is 0 Å². The Labute approximate surface area is 207 Å². The molecule has 34 heavy (non-hydrogen) atoms. The number of aliphatic imine (C=N–C) groups is 1. The highest BCUT2D eigenvalue weighted by Crippen LogP contribution is 2.57. The standard InChI is InChI=1S/C26H28BrN3O4/c1-24(2,3)34-23(32)28-22-29-26(21(31)30(22)4)19-15-18(27)9-10-20(19)33-25(26)13-11-16-7-5-6-8-17(16)12-14-25/h5-10,15H,11-14H2,1-4H3,(H,28,29,32). The molecule has 2 aromatic rings. The van der Waals surface area contributed by atoms with E-state index in [0.717, 1.165) is 17.3 Å². The fraction of sp³-hybridized carbons (Fsp3) is 0.423. The average molecular weight is 526 g/mol. The Kier molecular flexibility index (Phi) is 5.28. The molecule has 2 spiro atoms. The van der Waals surface area contributed by atoms with Crippen LogP contribution in [0.2, 0.25) is 0 Å². The molecule has 0 fully saturated rings. The van der Waals surface area contributed by atoms with Crippen LogP contribution in [-0.4, -0.2) is 41.1 Å². The number of aryl methyl sites for hydroxylation is 2. The number of nitrogens with zero attached hydrogens (tertiary/aromatic N) is 2. The number of amides is 2. The minimum absolute atomic E-state index is 0.164. The van der Waals surface area contributed by atoms with Crippen molar-refractivity contribution in [1.82, 2.24) is 10.2 Å². The van der Waals surface area contributed by atoms with Crippen LogP contribution in [0.1, 0.15) is 50.3 Å². The molecule has 2 aromatic carbocycles. The first-order valence-electron chi connectivity index (χ1n) is 11.5. The zero-order valence-electron chi connectivity index (χ0n) is 19.8. The lowest BCUT2D eigenvalue weighted by Gasteiger charge is -2.38. The van der Waals surface area contributed by atoms with Crippen LogP contribution >= 0.6 is 15.9 Å². The topological polar surface area (TPSA) is 80.2 Å². The molecule has 0 saturated carbocycles. The molecule has 0 bridgehead atoms. The second-order valence-corrected chi connectivity index (χ2v) is 11.1. The molecule has 0 radical (unpaired) electrons. The lowest BCUT2D eigenvalue weighted by molar-refractivity contribution is -0.138. The lowest BCUT2D eigenvalue weighted by atomic mass is 9.72. The molecule has 1 N–H and O–H groups in total. The Bertz CT molecular complexity index is 1190. The van der Waals surface area contributed by atoms with Crippen LogP contribution in [-0.2, 0) is 27.9 Å². The van der Waals surface area contributed by atoms with Gasteiger partial charge in [-0.15, -0.1) is 0 Å². The first-order chi connectivity index (χ1) is 16.0. The van der Waals surface area contributed by atoms with Gasteiger partial charge in [-0.05, 0) is 75.8 Å². The van der Waals surface area contributed by atoms with Crippen LogP contribution in [0.3, 0.4) is 0 Å². The van der Waals surface area contributed by atoms with E-state index in [1.807, 2.05) is 30.3 Å². The summed E-state index contributed by atoms with van der Waals surface area (Å²) in [6.07, 6.45) is 2.14. The summed E-state index contributed by atoms with van der Waals surface area (Å²) in [5.74, 6) is 0.594. The third-order valence-corrected chi connectivity index (χ3v) is 7.32. The zero-order chi connectivity index (χ0) is 24.3. The van der Waals surface area contributed by atoms with Gasteiger partial charge in [0.1, 0.15) is 17.0 Å². The van der Waals surface area contributed by atoms with E-state index in [2.05, 4.69) is 33.4 Å². The van der Waals surface area contributed by atoms with Crippen LogP contribution in [0, 0.1) is 0 Å². The first kappa shape index (κ1) is 22.9. The number of hydrogen-bond acceptors (Lipinski definition) is 5. The highest BCUT2D eigenvalue weighted by molar-refractivity contribution is 9.10. The van der Waals surface area contributed by atoms with Crippen LogP contribution in [0.25, 0.3) is 0 Å². The maximum absolute atomic E-state index is 14.1. The van der Waals surface area contributed by atoms with E-state index < -0.39 is 22.8 Å². The molecular weight excluding hydrogens is 498 g/mol. The fourth-order valence-electron chi connectivity index (χ4n) is 5.31. The number of fused-ring (bicyclic) bond motifs is 4. The minimum atomic E-state index is -1.30. The van der Waals surface area contributed by atoms with Crippen molar-refractivity contribution < 1.29 is 19.1 Å². The van der Waals surface area contributed by atoms with Gasteiger partial charge in [0.2, 0.25) is 11.5 Å². The molecule has 1 unspecified atom stereocenters. The molecule has 0 aromatic heterocycles. The Morgan fingerprint density at radius 3 is 2.41 bits per heavy atom. The highest BCUT2D eigenvalue weighted by atomic mass is 79.9. The van der Waals surface area contributed by atoms with Crippen molar-refractivity contribution in [2.45, 2.75) is 63.2 Å². The van der Waals surface area contributed by atoms with Crippen molar-refractivity contribution in [3.05, 3.63) is 63.6 Å². The molecule has 5 rings (SSSR count). The maximum Gasteiger partial charge on any atom is 0.414 e. The summed E-state index contributed by atoms with van der Waals surface area (Å²) in [4.78, 5) is 33.0. The van der Waals surface area contributed by atoms with E-state index in [1.165, 1.54) is 16.0 Å². The third-order valence-electron chi connectivity index (χ3n) is 6.83. The van der Waals surface area contributed by atoms with Gasteiger partial charge in [0, 0.05) is 17.1 Å². The van der Waals surface area contributed by atoms with Crippen molar-refractivity contribution in [2.75, 3.05) is 7.05 Å². The molecular formula is C26H28BrN3O4. The minimum Gasteiger partial charge on any atom is -0.483 e. The lowest BCUT2D eigenvalue weighted by Crippen LogP contribution is -2.56. The number of benzene rings is 2. The van der Waals surface area contributed by atoms with Gasteiger partial charge in [-0.25, -0.2) is 9.79 Å². The highest BCUT2D eigenvalue weighted by Gasteiger charge is 2.68. The van der Waals surface area contributed by atoms with E-state index in [0.29, 0.717) is 24.2 Å². The Balaban J connectivity index is 1.61. The molecule has 2 heterocycles. The number of guanidine groups is 1. The van der Waals surface area contributed by atoms with E-state index in [1.54, 1.807) is 27.8 Å². The van der Waals surface area contributed by atoms with Gasteiger partial charge in [-0.3, -0.25) is 15.0 Å². The second-order valence-electron chi connectivity index (χ2n) is 10.1. The number of ether oxygens (including phenoxy) is 2. The van der Waals surface area contributed by atoms with Crippen molar-refractivity contribution in [2.24, 2.45) is 4.99 Å². The molecule has 7 nitrogen and oxygen atoms in total. The number of rotatable bonds is 0. The average Bonchev–Trinajstić information content (AvgIpc) is 3.07. The number of carbonyl (C=O) groups is 2. The van der Waals surface area contributed by atoms with Crippen LogP contribution in [0.4, 0.5) is 4.79 Å². The van der Waals surface area contributed by atoms with Crippen molar-refractivity contribution in [1.29, 1.82) is 0 Å². The largest absolute Gasteiger partial charge is 0.483 e. The molecule has 1 aliphatic carbocycles. The van der Waals surface area contributed by atoms with Crippen molar-refractivity contribution >= 4 is 33.9 Å². The normalized spacial score (nSPS) is 22.7. The number of carbonyl (C=O) groups excluding carboxylic acids is 2. The molecule has 8 heteroatoms. The Morgan fingerprint density at radius 1 is 1.15 bits per heavy atom. The van der Waals surface area contributed by atoms with Crippen LogP contribution in [0.15, 0.2) is 51.9 Å². The predicted octanol–water partition coefficient (Wildman–Crippen LogP) is 4.71. The van der Waals surface area contributed by atoms with Gasteiger partial charge >= 0.3 is 6.09 Å². The summed E-state index contributed by atoms with van der Waals surface area (Å²) in [5.41, 5.74) is 0.401. The Morgan fingerprint density at radius 2 is 1.79 bits per heavy atom. The predicted molar refractivity (Wildman–Crippen MR) is 132 cm³/mol. The molecule has 0 saturated heterocycles. The maximum atomic E-state index is 14.1. The molecule has 1 atom stereocenters. The van der Waals surface area contributed by atoms with Crippen LogP contribution < -0.4 is 10.1 Å². The van der Waals surface area contributed by atoms with E-state index in [-0.39, 0.29) is 11.9 Å². The van der Waals surface area contributed by atoms with Gasteiger partial charge in [0.15, 0.2) is 0 Å². The van der Waals surface area contributed by atoms with Gasteiger partial charge in [-0.2, -0.15) is 0 Å². The van der Waals surface area contributed by atoms with E-state index in [9.17, 15) is 9.59 Å². The van der Waals surface area contributed by atoms with Crippen molar-refractivity contribution in [3.8, 4) is 5.75 Å². The number of likely N-dealkylation sites (N-methyl/N-ethyl adjacent to an activating group) is 1. The smallest absolute Gasteiger partial charge is 0.414 e. The number of halogens is 1. The quantitative estimate of drug-likeness (QED) is 0.540. The number of alkyl carbamates (subject to hydrolysis) is 1.